The van der Waals surface area contributed by atoms with E-state index in [1.54, 1.807) is 11.3 Å². The number of nitrogens with one attached hydrogen (secondary N) is 2. The van der Waals surface area contributed by atoms with Gasteiger partial charge in [0.05, 0.1) is 17.8 Å². The summed E-state index contributed by atoms with van der Waals surface area (Å²) in [5.41, 5.74) is 6.08. The number of nitrogen functional groups attached to an aromatic ring is 1. The van der Waals surface area contributed by atoms with E-state index in [-0.39, 0.29) is 5.91 Å². The van der Waals surface area contributed by atoms with Crippen molar-refractivity contribution in [2.24, 2.45) is 5.84 Å². The van der Waals surface area contributed by atoms with Gasteiger partial charge in [-0.25, -0.2) is 0 Å². The third kappa shape index (κ3) is 3.18. The van der Waals surface area contributed by atoms with Crippen LogP contribution in [0.1, 0.15) is 33.3 Å². The molecule has 0 atom stereocenters. The summed E-state index contributed by atoms with van der Waals surface area (Å²) in [5.74, 6) is 5.33. The first kappa shape index (κ1) is 14.6. The van der Waals surface area contributed by atoms with Crippen LogP contribution < -0.4 is 16.6 Å². The summed E-state index contributed by atoms with van der Waals surface area (Å²) in [4.78, 5) is 13.5. The second-order valence-corrected chi connectivity index (χ2v) is 5.60. The minimum atomic E-state index is -0.114. The molecule has 0 aliphatic rings. The van der Waals surface area contributed by atoms with Crippen LogP contribution in [0.25, 0.3) is 0 Å². The molecule has 106 valence electrons. The molecule has 2 rings (SSSR count). The van der Waals surface area contributed by atoms with Crippen LogP contribution >= 0.6 is 11.3 Å². The zero-order valence-electron chi connectivity index (χ0n) is 11.7. The van der Waals surface area contributed by atoms with Crippen LogP contribution in [0.4, 0.5) is 5.69 Å². The van der Waals surface area contributed by atoms with Crippen molar-refractivity contribution in [3.63, 3.8) is 0 Å². The van der Waals surface area contributed by atoms with E-state index in [9.17, 15) is 4.79 Å². The molecule has 1 aromatic heterocycles. The third-order valence-electron chi connectivity index (χ3n) is 3.20. The molecule has 0 radical (unpaired) electrons. The van der Waals surface area contributed by atoms with Gasteiger partial charge in [0, 0.05) is 4.88 Å². The minimum Gasteiger partial charge on any atom is -0.347 e. The first-order valence-corrected chi connectivity index (χ1v) is 7.44. The number of carbonyl (C=O) groups excluding carboxylic acids is 1. The molecule has 1 heterocycles. The highest BCUT2D eigenvalue weighted by molar-refractivity contribution is 7.10. The standard InChI is InChI=1S/C15H19N3OS/c1-3-11-6-7-20-14(11)9-17-15(19)12-8-10(2)4-5-13(12)18-16/h4-8,18H,3,9,16H2,1-2H3,(H,17,19). The molecule has 20 heavy (non-hydrogen) atoms. The fraction of sp³-hybridized carbons (Fsp3) is 0.267. The summed E-state index contributed by atoms with van der Waals surface area (Å²) in [6.07, 6.45) is 0.981. The molecule has 0 aliphatic heterocycles. The lowest BCUT2D eigenvalue weighted by molar-refractivity contribution is 0.0952. The van der Waals surface area contributed by atoms with Gasteiger partial charge in [-0.2, -0.15) is 0 Å². The van der Waals surface area contributed by atoms with Gasteiger partial charge in [0.15, 0.2) is 0 Å². The number of thiophene rings is 1. The van der Waals surface area contributed by atoms with Gasteiger partial charge in [-0.15, -0.1) is 11.3 Å². The average Bonchev–Trinajstić information content (AvgIpc) is 2.92. The van der Waals surface area contributed by atoms with E-state index in [4.69, 9.17) is 5.84 Å². The summed E-state index contributed by atoms with van der Waals surface area (Å²) in [6, 6.07) is 7.67. The van der Waals surface area contributed by atoms with Crippen molar-refractivity contribution in [3.05, 3.63) is 51.2 Å². The number of anilines is 1. The molecule has 0 fully saturated rings. The Labute approximate surface area is 123 Å². The largest absolute Gasteiger partial charge is 0.347 e. The van der Waals surface area contributed by atoms with Crippen LogP contribution in [0.15, 0.2) is 29.6 Å². The summed E-state index contributed by atoms with van der Waals surface area (Å²) < 4.78 is 0. The molecule has 0 bridgehead atoms. The van der Waals surface area contributed by atoms with Gasteiger partial charge < -0.3 is 10.7 Å². The Morgan fingerprint density at radius 1 is 1.35 bits per heavy atom. The number of nitrogens with two attached hydrogens (primary N) is 1. The highest BCUT2D eigenvalue weighted by Crippen LogP contribution is 2.19. The zero-order valence-corrected chi connectivity index (χ0v) is 12.5. The molecule has 2 aromatic rings. The maximum atomic E-state index is 12.3. The molecular weight excluding hydrogens is 270 g/mol. The first-order valence-electron chi connectivity index (χ1n) is 6.56. The van der Waals surface area contributed by atoms with E-state index in [1.165, 1.54) is 10.4 Å². The number of carbonyl (C=O) groups is 1. The average molecular weight is 289 g/mol. The molecule has 1 amide bonds. The number of hydrazine groups is 1. The van der Waals surface area contributed by atoms with Gasteiger partial charge in [-0.1, -0.05) is 18.6 Å². The quantitative estimate of drug-likeness (QED) is 0.585. The van der Waals surface area contributed by atoms with Crippen molar-refractivity contribution in [1.82, 2.24) is 5.32 Å². The fourth-order valence-corrected chi connectivity index (χ4v) is 2.98. The molecule has 4 N–H and O–H groups in total. The summed E-state index contributed by atoms with van der Waals surface area (Å²) in [7, 11) is 0. The van der Waals surface area contributed by atoms with Crippen LogP contribution in [-0.4, -0.2) is 5.91 Å². The minimum absolute atomic E-state index is 0.114. The normalized spacial score (nSPS) is 10.3. The van der Waals surface area contributed by atoms with Crippen LogP contribution in [0.3, 0.4) is 0 Å². The van der Waals surface area contributed by atoms with Gasteiger partial charge in [0.1, 0.15) is 0 Å². The lowest BCUT2D eigenvalue weighted by Crippen LogP contribution is -2.25. The molecule has 1 aromatic carbocycles. The lowest BCUT2D eigenvalue weighted by Gasteiger charge is -2.10. The molecule has 0 unspecified atom stereocenters. The summed E-state index contributed by atoms with van der Waals surface area (Å²) >= 11 is 1.67. The van der Waals surface area contributed by atoms with Crippen LogP contribution in [-0.2, 0) is 13.0 Å². The molecule has 4 nitrogen and oxygen atoms in total. The second-order valence-electron chi connectivity index (χ2n) is 4.60. The van der Waals surface area contributed by atoms with E-state index in [0.717, 1.165) is 12.0 Å². The highest BCUT2D eigenvalue weighted by atomic mass is 32.1. The topological polar surface area (TPSA) is 67.2 Å². The Kier molecular flexibility index (Phi) is 4.76. The maximum absolute atomic E-state index is 12.3. The van der Waals surface area contributed by atoms with Crippen molar-refractivity contribution in [2.75, 3.05) is 5.43 Å². The van der Waals surface area contributed by atoms with Crippen molar-refractivity contribution >= 4 is 22.9 Å². The predicted molar refractivity (Wildman–Crippen MR) is 83.9 cm³/mol. The number of benzene rings is 1. The van der Waals surface area contributed by atoms with E-state index in [0.29, 0.717) is 17.8 Å². The number of amides is 1. The van der Waals surface area contributed by atoms with Crippen molar-refractivity contribution in [1.29, 1.82) is 0 Å². The molecule has 0 aliphatic carbocycles. The maximum Gasteiger partial charge on any atom is 0.253 e. The van der Waals surface area contributed by atoms with Gasteiger partial charge in [0.2, 0.25) is 0 Å². The Morgan fingerprint density at radius 3 is 2.85 bits per heavy atom. The predicted octanol–water partition coefficient (Wildman–Crippen LogP) is 2.83. The Balaban J connectivity index is 2.11. The molecule has 5 heteroatoms. The Hall–Kier alpha value is -1.85. The second kappa shape index (κ2) is 6.54. The van der Waals surface area contributed by atoms with Crippen molar-refractivity contribution in [2.45, 2.75) is 26.8 Å². The summed E-state index contributed by atoms with van der Waals surface area (Å²) in [6.45, 7) is 4.62. The van der Waals surface area contributed by atoms with E-state index >= 15 is 0 Å². The van der Waals surface area contributed by atoms with E-state index in [1.807, 2.05) is 25.1 Å². The first-order chi connectivity index (χ1) is 9.65. The lowest BCUT2D eigenvalue weighted by atomic mass is 10.1. The number of hydrogen-bond acceptors (Lipinski definition) is 4. The van der Waals surface area contributed by atoms with Crippen molar-refractivity contribution in [3.8, 4) is 0 Å². The van der Waals surface area contributed by atoms with Gasteiger partial charge in [0.25, 0.3) is 5.91 Å². The van der Waals surface area contributed by atoms with Crippen LogP contribution in [0.5, 0.6) is 0 Å². The molecular formula is C15H19N3OS. The zero-order chi connectivity index (χ0) is 14.5. The number of rotatable bonds is 5. The number of hydrogen-bond donors (Lipinski definition) is 3. The van der Waals surface area contributed by atoms with Crippen molar-refractivity contribution < 1.29 is 4.79 Å². The molecule has 0 saturated carbocycles. The van der Waals surface area contributed by atoms with Gasteiger partial charge in [-0.3, -0.25) is 10.6 Å². The van der Waals surface area contributed by atoms with E-state index in [2.05, 4.69) is 29.1 Å². The smallest absolute Gasteiger partial charge is 0.253 e. The monoisotopic (exact) mass is 289 g/mol. The SMILES string of the molecule is CCc1ccsc1CNC(=O)c1cc(C)ccc1NN. The summed E-state index contributed by atoms with van der Waals surface area (Å²) in [5, 5.41) is 5.01. The van der Waals surface area contributed by atoms with Crippen LogP contribution in [0.2, 0.25) is 0 Å². The highest BCUT2D eigenvalue weighted by Gasteiger charge is 2.12. The van der Waals surface area contributed by atoms with Crippen LogP contribution in [0, 0.1) is 6.92 Å². The number of aryl methyl sites for hydroxylation is 2. The van der Waals surface area contributed by atoms with E-state index < -0.39 is 0 Å². The Morgan fingerprint density at radius 2 is 2.15 bits per heavy atom. The Bertz CT molecular complexity index is 607. The van der Waals surface area contributed by atoms with Gasteiger partial charge in [-0.05, 0) is 42.5 Å². The fourth-order valence-electron chi connectivity index (χ4n) is 2.06. The molecule has 0 spiro atoms. The third-order valence-corrected chi connectivity index (χ3v) is 4.17. The van der Waals surface area contributed by atoms with Gasteiger partial charge >= 0.3 is 0 Å². The molecule has 0 saturated heterocycles.